The van der Waals surface area contributed by atoms with E-state index in [9.17, 15) is 14.7 Å². The fourth-order valence-electron chi connectivity index (χ4n) is 2.71. The van der Waals surface area contributed by atoms with Gasteiger partial charge in [-0.05, 0) is 30.7 Å². The molecule has 9 heteroatoms. The standard InChI is InChI=1S/C18H18N4O5/c1-27-17-12(4-2-8-20-17)15-16(19-7-3-5-14(23)24)22-9-6-11(18(25)26)10-13(22)21-15/h2,4,6,8-10,19H,3,5,7H2,1H3,(H,23,24)(H,25,26). The fraction of sp³-hybridized carbons (Fsp3) is 0.222. The molecule has 0 bridgehead atoms. The molecule has 27 heavy (non-hydrogen) atoms. The Balaban J connectivity index is 2.07. The van der Waals surface area contributed by atoms with Gasteiger partial charge in [0.15, 0.2) is 0 Å². The Bertz CT molecular complexity index is 999. The molecule has 3 N–H and O–H groups in total. The van der Waals surface area contributed by atoms with E-state index in [1.54, 1.807) is 28.9 Å². The molecule has 0 aromatic carbocycles. The van der Waals surface area contributed by atoms with Crippen LogP contribution >= 0.6 is 0 Å². The number of nitrogens with zero attached hydrogens (tertiary/aromatic N) is 3. The van der Waals surface area contributed by atoms with E-state index in [1.165, 1.54) is 19.2 Å². The van der Waals surface area contributed by atoms with Gasteiger partial charge in [-0.15, -0.1) is 0 Å². The van der Waals surface area contributed by atoms with Crippen LogP contribution in [-0.4, -0.2) is 50.2 Å². The molecule has 0 atom stereocenters. The van der Waals surface area contributed by atoms with Crippen LogP contribution in [0.4, 0.5) is 5.82 Å². The van der Waals surface area contributed by atoms with Crippen LogP contribution in [-0.2, 0) is 4.79 Å². The number of aromatic carboxylic acids is 1. The third-order valence-electron chi connectivity index (χ3n) is 3.95. The summed E-state index contributed by atoms with van der Waals surface area (Å²) in [5.74, 6) is -0.918. The van der Waals surface area contributed by atoms with Gasteiger partial charge < -0.3 is 20.3 Å². The lowest BCUT2D eigenvalue weighted by molar-refractivity contribution is -0.137. The lowest BCUT2D eigenvalue weighted by atomic mass is 10.2. The number of pyridine rings is 2. The number of hydrogen-bond donors (Lipinski definition) is 3. The summed E-state index contributed by atoms with van der Waals surface area (Å²) in [7, 11) is 1.50. The summed E-state index contributed by atoms with van der Waals surface area (Å²) >= 11 is 0. The minimum Gasteiger partial charge on any atom is -0.481 e. The molecule has 0 unspecified atom stereocenters. The number of carbonyl (C=O) groups is 2. The van der Waals surface area contributed by atoms with Gasteiger partial charge in [-0.3, -0.25) is 9.20 Å². The zero-order chi connectivity index (χ0) is 19.4. The second-order valence-corrected chi connectivity index (χ2v) is 5.74. The van der Waals surface area contributed by atoms with Crippen LogP contribution < -0.4 is 10.1 Å². The van der Waals surface area contributed by atoms with Gasteiger partial charge in [0.25, 0.3) is 0 Å². The number of aromatic nitrogens is 3. The van der Waals surface area contributed by atoms with Gasteiger partial charge >= 0.3 is 11.9 Å². The zero-order valence-corrected chi connectivity index (χ0v) is 14.5. The Kier molecular flexibility index (Phi) is 5.20. The van der Waals surface area contributed by atoms with E-state index < -0.39 is 11.9 Å². The van der Waals surface area contributed by atoms with E-state index in [1.807, 2.05) is 0 Å². The van der Waals surface area contributed by atoms with Crippen molar-refractivity contribution in [2.24, 2.45) is 0 Å². The Morgan fingerprint density at radius 2 is 2.11 bits per heavy atom. The second kappa shape index (κ2) is 7.73. The average molecular weight is 370 g/mol. The average Bonchev–Trinajstić information content (AvgIpc) is 3.02. The van der Waals surface area contributed by atoms with E-state index in [0.29, 0.717) is 41.6 Å². The third-order valence-corrected chi connectivity index (χ3v) is 3.95. The number of anilines is 1. The number of hydrogen-bond acceptors (Lipinski definition) is 6. The van der Waals surface area contributed by atoms with E-state index in [-0.39, 0.29) is 12.0 Å². The van der Waals surface area contributed by atoms with Gasteiger partial charge in [0.05, 0.1) is 18.2 Å². The van der Waals surface area contributed by atoms with Crippen molar-refractivity contribution in [2.45, 2.75) is 12.8 Å². The highest BCUT2D eigenvalue weighted by atomic mass is 16.5. The summed E-state index contributed by atoms with van der Waals surface area (Å²) in [6, 6.07) is 6.49. The van der Waals surface area contributed by atoms with E-state index in [4.69, 9.17) is 9.84 Å². The van der Waals surface area contributed by atoms with Crippen LogP contribution in [0.3, 0.4) is 0 Å². The second-order valence-electron chi connectivity index (χ2n) is 5.74. The van der Waals surface area contributed by atoms with Crippen LogP contribution in [0.15, 0.2) is 36.7 Å². The molecule has 3 aromatic heterocycles. The lowest BCUT2D eigenvalue weighted by Crippen LogP contribution is -2.08. The van der Waals surface area contributed by atoms with Gasteiger partial charge in [0.2, 0.25) is 5.88 Å². The van der Waals surface area contributed by atoms with Crippen molar-refractivity contribution in [2.75, 3.05) is 19.0 Å². The van der Waals surface area contributed by atoms with Crippen LogP contribution in [0.2, 0.25) is 0 Å². The molecule has 0 amide bonds. The van der Waals surface area contributed by atoms with Crippen molar-refractivity contribution in [1.29, 1.82) is 0 Å². The van der Waals surface area contributed by atoms with Crippen molar-refractivity contribution in [3.63, 3.8) is 0 Å². The van der Waals surface area contributed by atoms with Crippen molar-refractivity contribution < 1.29 is 24.5 Å². The Labute approximate surface area is 154 Å². The van der Waals surface area contributed by atoms with E-state index in [0.717, 1.165) is 0 Å². The highest BCUT2D eigenvalue weighted by Gasteiger charge is 2.19. The molecule has 0 saturated heterocycles. The molecule has 3 heterocycles. The minimum absolute atomic E-state index is 0.0401. The first-order valence-corrected chi connectivity index (χ1v) is 8.21. The number of imidazole rings is 1. The molecular weight excluding hydrogens is 352 g/mol. The number of nitrogens with one attached hydrogen (secondary N) is 1. The maximum Gasteiger partial charge on any atom is 0.335 e. The number of fused-ring (bicyclic) bond motifs is 1. The lowest BCUT2D eigenvalue weighted by Gasteiger charge is -2.10. The van der Waals surface area contributed by atoms with Crippen LogP contribution in [0.1, 0.15) is 23.2 Å². The summed E-state index contributed by atoms with van der Waals surface area (Å²) in [5.41, 5.74) is 1.74. The summed E-state index contributed by atoms with van der Waals surface area (Å²) in [4.78, 5) is 30.7. The maximum atomic E-state index is 11.2. The molecule has 0 radical (unpaired) electrons. The summed E-state index contributed by atoms with van der Waals surface area (Å²) < 4.78 is 7.03. The molecule has 3 aromatic rings. The van der Waals surface area contributed by atoms with Crippen LogP contribution in [0.5, 0.6) is 5.88 Å². The van der Waals surface area contributed by atoms with Crippen molar-refractivity contribution in [3.8, 4) is 17.1 Å². The molecule has 0 saturated carbocycles. The zero-order valence-electron chi connectivity index (χ0n) is 14.5. The first-order chi connectivity index (χ1) is 13.0. The topological polar surface area (TPSA) is 126 Å². The Morgan fingerprint density at radius 3 is 2.81 bits per heavy atom. The van der Waals surface area contributed by atoms with Gasteiger partial charge in [-0.1, -0.05) is 0 Å². The van der Waals surface area contributed by atoms with Crippen molar-refractivity contribution in [1.82, 2.24) is 14.4 Å². The largest absolute Gasteiger partial charge is 0.481 e. The number of carboxylic acid groups (broad SMARTS) is 2. The van der Waals surface area contributed by atoms with Gasteiger partial charge in [-0.25, -0.2) is 14.8 Å². The van der Waals surface area contributed by atoms with E-state index >= 15 is 0 Å². The van der Waals surface area contributed by atoms with Crippen LogP contribution in [0.25, 0.3) is 16.9 Å². The first kappa shape index (κ1) is 18.2. The molecule has 140 valence electrons. The number of methoxy groups -OCH3 is 1. The monoisotopic (exact) mass is 370 g/mol. The molecule has 0 aliphatic carbocycles. The van der Waals surface area contributed by atoms with Gasteiger partial charge in [-0.2, -0.15) is 0 Å². The smallest absolute Gasteiger partial charge is 0.335 e. The SMILES string of the molecule is COc1ncccc1-c1nc2cc(C(=O)O)ccn2c1NCCCC(=O)O. The van der Waals surface area contributed by atoms with Crippen LogP contribution in [0, 0.1) is 0 Å². The summed E-state index contributed by atoms with van der Waals surface area (Å²) in [6.07, 6.45) is 3.68. The minimum atomic E-state index is -1.04. The van der Waals surface area contributed by atoms with Crippen molar-refractivity contribution in [3.05, 3.63) is 42.2 Å². The molecular formula is C18H18N4O5. The first-order valence-electron chi connectivity index (χ1n) is 8.21. The van der Waals surface area contributed by atoms with E-state index in [2.05, 4.69) is 15.3 Å². The Hall–Kier alpha value is -3.62. The highest BCUT2D eigenvalue weighted by Crippen LogP contribution is 2.34. The highest BCUT2D eigenvalue weighted by molar-refractivity contribution is 5.89. The van der Waals surface area contributed by atoms with Crippen molar-refractivity contribution >= 4 is 23.4 Å². The summed E-state index contributed by atoms with van der Waals surface area (Å²) in [5, 5.41) is 21.2. The molecule has 0 aliphatic rings. The number of aliphatic carboxylic acids is 1. The third kappa shape index (κ3) is 3.81. The normalized spacial score (nSPS) is 10.7. The molecule has 0 spiro atoms. The fourth-order valence-corrected chi connectivity index (χ4v) is 2.71. The molecule has 0 fully saturated rings. The number of rotatable bonds is 8. The molecule has 0 aliphatic heterocycles. The van der Waals surface area contributed by atoms with Gasteiger partial charge in [0, 0.05) is 25.4 Å². The number of ether oxygens (including phenoxy) is 1. The predicted molar refractivity (Wildman–Crippen MR) is 97.3 cm³/mol. The number of carboxylic acids is 2. The summed E-state index contributed by atoms with van der Waals surface area (Å²) in [6.45, 7) is 0.413. The molecule has 3 rings (SSSR count). The quantitative estimate of drug-likeness (QED) is 0.516. The molecule has 9 nitrogen and oxygen atoms in total. The maximum absolute atomic E-state index is 11.2. The van der Waals surface area contributed by atoms with Gasteiger partial charge in [0.1, 0.15) is 17.2 Å². The predicted octanol–water partition coefficient (Wildman–Crippen LogP) is 2.38. The Morgan fingerprint density at radius 1 is 1.30 bits per heavy atom.